The number of hydrogen-bond acceptors (Lipinski definition) is 2. The van der Waals surface area contributed by atoms with Crippen LogP contribution in [0.5, 0.6) is 0 Å². The fraction of sp³-hybridized carbons (Fsp3) is 0.750. The van der Waals surface area contributed by atoms with E-state index in [9.17, 15) is 0 Å². The van der Waals surface area contributed by atoms with Gasteiger partial charge in [-0.3, -0.25) is 4.99 Å². The number of ether oxygens (including phenoxy) is 1. The Morgan fingerprint density at radius 1 is 1.29 bits per heavy atom. The Morgan fingerprint density at radius 2 is 2.06 bits per heavy atom. The zero-order valence-electron chi connectivity index (χ0n) is 11.0. The molecular weight excluding hydrogens is 329 g/mol. The highest BCUT2D eigenvalue weighted by molar-refractivity contribution is 14.0. The van der Waals surface area contributed by atoms with Crippen molar-refractivity contribution >= 4 is 29.9 Å². The van der Waals surface area contributed by atoms with Crippen molar-refractivity contribution in [1.82, 2.24) is 10.6 Å². The number of nitrogens with zero attached hydrogens (tertiary/aromatic N) is 1. The molecule has 0 radical (unpaired) electrons. The Balaban J connectivity index is 0. The third-order valence-electron chi connectivity index (χ3n) is 1.93. The van der Waals surface area contributed by atoms with E-state index in [1.165, 1.54) is 0 Å². The second kappa shape index (κ2) is 15.7. The summed E-state index contributed by atoms with van der Waals surface area (Å²) in [6.45, 7) is 11.8. The minimum atomic E-state index is 0. The van der Waals surface area contributed by atoms with Gasteiger partial charge in [-0.15, -0.1) is 30.6 Å². The van der Waals surface area contributed by atoms with E-state index in [0.717, 1.165) is 51.6 Å². The first-order valence-corrected chi connectivity index (χ1v) is 6.06. The molecule has 0 aliphatic rings. The molecule has 0 unspecified atom stereocenters. The van der Waals surface area contributed by atoms with Gasteiger partial charge in [0.2, 0.25) is 0 Å². The lowest BCUT2D eigenvalue weighted by Crippen LogP contribution is -2.37. The lowest BCUT2D eigenvalue weighted by Gasteiger charge is -2.09. The molecule has 5 heteroatoms. The molecule has 0 aromatic heterocycles. The lowest BCUT2D eigenvalue weighted by atomic mass is 10.3. The predicted molar refractivity (Wildman–Crippen MR) is 85.3 cm³/mol. The van der Waals surface area contributed by atoms with Gasteiger partial charge in [-0.2, -0.15) is 0 Å². The average Bonchev–Trinajstić information content (AvgIpc) is 2.30. The first-order valence-electron chi connectivity index (χ1n) is 6.06. The van der Waals surface area contributed by atoms with E-state index in [4.69, 9.17) is 4.74 Å². The monoisotopic (exact) mass is 355 g/mol. The van der Waals surface area contributed by atoms with Crippen molar-refractivity contribution in [3.05, 3.63) is 12.7 Å². The molecule has 0 bridgehead atoms. The second-order valence-corrected chi connectivity index (χ2v) is 3.33. The van der Waals surface area contributed by atoms with E-state index in [2.05, 4.69) is 29.1 Å². The molecule has 0 amide bonds. The van der Waals surface area contributed by atoms with Crippen LogP contribution in [0, 0.1) is 0 Å². The fourth-order valence-electron chi connectivity index (χ4n) is 1.16. The first-order chi connectivity index (χ1) is 7.85. The summed E-state index contributed by atoms with van der Waals surface area (Å²) >= 11 is 0. The van der Waals surface area contributed by atoms with Crippen LogP contribution < -0.4 is 10.6 Å². The summed E-state index contributed by atoms with van der Waals surface area (Å²) in [4.78, 5) is 4.44. The highest BCUT2D eigenvalue weighted by atomic mass is 127. The van der Waals surface area contributed by atoms with Crippen LogP contribution >= 0.6 is 24.0 Å². The van der Waals surface area contributed by atoms with Gasteiger partial charge in [0.25, 0.3) is 0 Å². The van der Waals surface area contributed by atoms with Gasteiger partial charge >= 0.3 is 0 Å². The third-order valence-corrected chi connectivity index (χ3v) is 1.93. The smallest absolute Gasteiger partial charge is 0.191 e. The first kappa shape index (κ1) is 19.0. The van der Waals surface area contributed by atoms with Gasteiger partial charge < -0.3 is 15.4 Å². The number of aliphatic imine (C=N–C) groups is 1. The van der Waals surface area contributed by atoms with Gasteiger partial charge in [0.15, 0.2) is 5.96 Å². The Kier molecular flexibility index (Phi) is 17.6. The maximum absolute atomic E-state index is 5.26. The van der Waals surface area contributed by atoms with E-state index in [0.29, 0.717) is 0 Å². The minimum Gasteiger partial charge on any atom is -0.382 e. The molecule has 0 saturated heterocycles. The highest BCUT2D eigenvalue weighted by Crippen LogP contribution is 1.90. The number of halogens is 1. The molecule has 0 spiro atoms. The van der Waals surface area contributed by atoms with Crippen LogP contribution in [0.2, 0.25) is 0 Å². The van der Waals surface area contributed by atoms with Crippen LogP contribution in [0.15, 0.2) is 17.6 Å². The summed E-state index contributed by atoms with van der Waals surface area (Å²) in [6.07, 6.45) is 3.95. The lowest BCUT2D eigenvalue weighted by molar-refractivity contribution is 0.144. The molecule has 0 rings (SSSR count). The second-order valence-electron chi connectivity index (χ2n) is 3.33. The summed E-state index contributed by atoms with van der Waals surface area (Å²) in [7, 11) is 0. The highest BCUT2D eigenvalue weighted by Gasteiger charge is 1.93. The zero-order valence-corrected chi connectivity index (χ0v) is 13.3. The van der Waals surface area contributed by atoms with Crippen molar-refractivity contribution in [2.24, 2.45) is 4.99 Å². The third kappa shape index (κ3) is 13.6. The topological polar surface area (TPSA) is 45.7 Å². The summed E-state index contributed by atoms with van der Waals surface area (Å²) in [5.74, 6) is 0.860. The molecule has 0 aliphatic heterocycles. The molecule has 0 fully saturated rings. The van der Waals surface area contributed by atoms with Crippen LogP contribution in [-0.2, 0) is 4.74 Å². The molecule has 0 aromatic rings. The molecule has 102 valence electrons. The van der Waals surface area contributed by atoms with Crippen LogP contribution in [-0.4, -0.2) is 38.8 Å². The molecule has 0 heterocycles. The van der Waals surface area contributed by atoms with E-state index in [1.54, 1.807) is 0 Å². The maximum atomic E-state index is 5.26. The fourth-order valence-corrected chi connectivity index (χ4v) is 1.16. The molecular formula is C12H26IN3O. The number of guanidine groups is 1. The molecule has 0 saturated carbocycles. The Hall–Kier alpha value is -0.300. The van der Waals surface area contributed by atoms with Crippen LogP contribution in [0.3, 0.4) is 0 Å². The number of unbranched alkanes of at least 4 members (excludes halogenated alkanes) is 1. The zero-order chi connectivity index (χ0) is 12.1. The molecule has 0 aromatic carbocycles. The van der Waals surface area contributed by atoms with Crippen molar-refractivity contribution in [2.45, 2.75) is 26.7 Å². The van der Waals surface area contributed by atoms with E-state index in [1.807, 2.05) is 13.0 Å². The largest absolute Gasteiger partial charge is 0.382 e. The van der Waals surface area contributed by atoms with Crippen molar-refractivity contribution in [3.8, 4) is 0 Å². The number of hydrogen-bond donors (Lipinski definition) is 2. The molecule has 0 atom stereocenters. The minimum absolute atomic E-state index is 0. The molecule has 2 N–H and O–H groups in total. The Labute approximate surface area is 122 Å². The summed E-state index contributed by atoms with van der Waals surface area (Å²) in [6, 6.07) is 0. The van der Waals surface area contributed by atoms with Gasteiger partial charge in [0.1, 0.15) is 0 Å². The summed E-state index contributed by atoms with van der Waals surface area (Å²) < 4.78 is 5.26. The predicted octanol–water partition coefficient (Wildman–Crippen LogP) is 2.16. The van der Waals surface area contributed by atoms with Gasteiger partial charge in [0.05, 0.1) is 0 Å². The Bertz CT molecular complexity index is 198. The van der Waals surface area contributed by atoms with Gasteiger partial charge in [-0.25, -0.2) is 0 Å². The Morgan fingerprint density at radius 3 is 2.65 bits per heavy atom. The van der Waals surface area contributed by atoms with Crippen LogP contribution in [0.4, 0.5) is 0 Å². The molecule has 17 heavy (non-hydrogen) atoms. The van der Waals surface area contributed by atoms with Crippen molar-refractivity contribution in [2.75, 3.05) is 32.8 Å². The van der Waals surface area contributed by atoms with Crippen molar-refractivity contribution in [3.63, 3.8) is 0 Å². The van der Waals surface area contributed by atoms with Crippen molar-refractivity contribution in [1.29, 1.82) is 0 Å². The maximum Gasteiger partial charge on any atom is 0.191 e. The van der Waals surface area contributed by atoms with Gasteiger partial charge in [-0.05, 0) is 26.7 Å². The van der Waals surface area contributed by atoms with Gasteiger partial charge in [0, 0.05) is 32.8 Å². The normalized spacial score (nSPS) is 10.6. The molecule has 0 aliphatic carbocycles. The number of nitrogens with one attached hydrogen (secondary N) is 2. The summed E-state index contributed by atoms with van der Waals surface area (Å²) in [5, 5.41) is 6.34. The SMILES string of the molecule is C=CCNC(=NCCCCOCC)NCC.I. The summed E-state index contributed by atoms with van der Waals surface area (Å²) in [5.41, 5.74) is 0. The number of rotatable bonds is 9. The van der Waals surface area contributed by atoms with E-state index < -0.39 is 0 Å². The van der Waals surface area contributed by atoms with Crippen molar-refractivity contribution < 1.29 is 4.74 Å². The van der Waals surface area contributed by atoms with Crippen LogP contribution in [0.25, 0.3) is 0 Å². The van der Waals surface area contributed by atoms with E-state index >= 15 is 0 Å². The van der Waals surface area contributed by atoms with Gasteiger partial charge in [-0.1, -0.05) is 6.08 Å². The standard InChI is InChI=1S/C12H25N3O.HI/c1-4-9-14-12(13-5-2)15-10-7-8-11-16-6-3;/h4H,1,5-11H2,2-3H3,(H2,13,14,15);1H. The quantitative estimate of drug-likeness (QED) is 0.219. The molecule has 4 nitrogen and oxygen atoms in total. The average molecular weight is 355 g/mol. The van der Waals surface area contributed by atoms with E-state index in [-0.39, 0.29) is 24.0 Å². The van der Waals surface area contributed by atoms with Crippen LogP contribution in [0.1, 0.15) is 26.7 Å².